The molecule has 0 saturated heterocycles. The molecule has 2 nitrogen and oxygen atoms in total. The van der Waals surface area contributed by atoms with Crippen LogP contribution in [0.4, 0.5) is 5.69 Å². The molecule has 0 aromatic heterocycles. The lowest BCUT2D eigenvalue weighted by molar-refractivity contribution is 0.0972. The predicted molar refractivity (Wildman–Crippen MR) is 82.0 cm³/mol. The van der Waals surface area contributed by atoms with Crippen LogP contribution in [0.1, 0.15) is 22.8 Å². The van der Waals surface area contributed by atoms with Crippen molar-refractivity contribution in [1.29, 1.82) is 0 Å². The van der Waals surface area contributed by atoms with Crippen LogP contribution in [0, 0.1) is 0 Å². The molecule has 2 heteroatoms. The van der Waals surface area contributed by atoms with E-state index in [0.29, 0.717) is 6.42 Å². The van der Waals surface area contributed by atoms with E-state index < -0.39 is 0 Å². The molecule has 2 aromatic rings. The summed E-state index contributed by atoms with van der Waals surface area (Å²) in [4.78, 5) is 14.7. The Kier molecular flexibility index (Phi) is 3.15. The molecule has 20 heavy (non-hydrogen) atoms. The molecule has 0 aliphatic carbocycles. The lowest BCUT2D eigenvalue weighted by Gasteiger charge is -2.26. The number of allylic oxidation sites excluding steroid dienone is 1. The number of fused-ring (bicyclic) bond motifs is 1. The first kappa shape index (κ1) is 12.7. The van der Waals surface area contributed by atoms with Crippen molar-refractivity contribution < 1.29 is 4.79 Å². The van der Waals surface area contributed by atoms with Gasteiger partial charge in [0, 0.05) is 17.7 Å². The van der Waals surface area contributed by atoms with Crippen molar-refractivity contribution in [2.24, 2.45) is 0 Å². The Morgan fingerprint density at radius 1 is 1.10 bits per heavy atom. The third-order valence-corrected chi connectivity index (χ3v) is 3.73. The smallest absolute Gasteiger partial charge is 0.188 e. The van der Waals surface area contributed by atoms with Crippen molar-refractivity contribution in [3.8, 4) is 0 Å². The van der Waals surface area contributed by atoms with Crippen molar-refractivity contribution >= 4 is 11.5 Å². The van der Waals surface area contributed by atoms with Gasteiger partial charge in [-0.3, -0.25) is 4.79 Å². The summed E-state index contributed by atoms with van der Waals surface area (Å²) in [6.45, 7) is 5.99. The van der Waals surface area contributed by atoms with Crippen molar-refractivity contribution in [1.82, 2.24) is 0 Å². The van der Waals surface area contributed by atoms with E-state index in [1.54, 1.807) is 0 Å². The first-order valence-corrected chi connectivity index (χ1v) is 6.80. The van der Waals surface area contributed by atoms with Gasteiger partial charge in [-0.25, -0.2) is 0 Å². The van der Waals surface area contributed by atoms with Crippen LogP contribution >= 0.6 is 0 Å². The summed E-state index contributed by atoms with van der Waals surface area (Å²) in [6, 6.07) is 17.7. The van der Waals surface area contributed by atoms with Gasteiger partial charge in [-0.15, -0.1) is 0 Å². The molecule has 0 saturated carbocycles. The number of carbonyl (C=O) groups is 1. The predicted octanol–water partition coefficient (Wildman–Crippen LogP) is 3.83. The Hall–Kier alpha value is -2.35. The van der Waals surface area contributed by atoms with Crippen LogP contribution in [0.3, 0.4) is 0 Å². The van der Waals surface area contributed by atoms with Crippen LogP contribution in [0.5, 0.6) is 0 Å². The highest BCUT2D eigenvalue weighted by molar-refractivity contribution is 6.11. The first-order valence-electron chi connectivity index (χ1n) is 6.80. The Labute approximate surface area is 119 Å². The SMILES string of the molecule is C=C(C)N1c2ccccc2C(=O)C1Cc1ccccc1. The number of rotatable bonds is 3. The molecule has 1 heterocycles. The fourth-order valence-electron chi connectivity index (χ4n) is 2.85. The summed E-state index contributed by atoms with van der Waals surface area (Å²) in [6.07, 6.45) is 0.710. The molecule has 0 spiro atoms. The van der Waals surface area contributed by atoms with E-state index in [1.807, 2.05) is 49.4 Å². The minimum atomic E-state index is -0.174. The van der Waals surface area contributed by atoms with Gasteiger partial charge in [0.05, 0.1) is 5.69 Å². The van der Waals surface area contributed by atoms with Crippen LogP contribution in [0.15, 0.2) is 66.9 Å². The van der Waals surface area contributed by atoms with Crippen molar-refractivity contribution in [3.05, 3.63) is 78.0 Å². The summed E-state index contributed by atoms with van der Waals surface area (Å²) in [5.41, 5.74) is 3.86. The molecule has 2 aromatic carbocycles. The van der Waals surface area contributed by atoms with Crippen molar-refractivity contribution in [2.75, 3.05) is 4.90 Å². The summed E-state index contributed by atoms with van der Waals surface area (Å²) >= 11 is 0. The third kappa shape index (κ3) is 2.03. The molecule has 100 valence electrons. The second-order valence-electron chi connectivity index (χ2n) is 5.19. The molecular weight excluding hydrogens is 246 g/mol. The number of Topliss-reactive ketones (excluding diaryl/α,β-unsaturated/α-hetero) is 1. The average molecular weight is 263 g/mol. The number of carbonyl (C=O) groups excluding carboxylic acids is 1. The zero-order chi connectivity index (χ0) is 14.1. The largest absolute Gasteiger partial charge is 0.334 e. The number of anilines is 1. The van der Waals surface area contributed by atoms with E-state index in [9.17, 15) is 4.79 Å². The molecule has 0 amide bonds. The molecule has 0 bridgehead atoms. The van der Waals surface area contributed by atoms with Gasteiger partial charge in [0.15, 0.2) is 5.78 Å². The zero-order valence-electron chi connectivity index (χ0n) is 11.5. The lowest BCUT2D eigenvalue weighted by Crippen LogP contribution is -2.35. The van der Waals surface area contributed by atoms with Crippen molar-refractivity contribution in [2.45, 2.75) is 19.4 Å². The van der Waals surface area contributed by atoms with Gasteiger partial charge in [-0.1, -0.05) is 49.0 Å². The molecule has 1 unspecified atom stereocenters. The van der Waals surface area contributed by atoms with E-state index in [1.165, 1.54) is 5.56 Å². The van der Waals surface area contributed by atoms with Crippen molar-refractivity contribution in [3.63, 3.8) is 0 Å². The fraction of sp³-hybridized carbons (Fsp3) is 0.167. The van der Waals surface area contributed by atoms with Gasteiger partial charge in [0.1, 0.15) is 6.04 Å². The normalized spacial score (nSPS) is 17.1. The zero-order valence-corrected chi connectivity index (χ0v) is 11.5. The van der Waals surface area contributed by atoms with E-state index in [-0.39, 0.29) is 11.8 Å². The quantitative estimate of drug-likeness (QED) is 0.838. The number of hydrogen-bond acceptors (Lipinski definition) is 2. The van der Waals surface area contributed by atoms with Crippen LogP contribution < -0.4 is 4.90 Å². The van der Waals surface area contributed by atoms with Gasteiger partial charge in [-0.2, -0.15) is 0 Å². The standard InChI is InChI=1S/C18H17NO/c1-13(2)19-16-11-7-6-10-15(16)18(20)17(19)12-14-8-4-3-5-9-14/h3-11,17H,1,12H2,2H3. The fourth-order valence-corrected chi connectivity index (χ4v) is 2.85. The van der Waals surface area contributed by atoms with Gasteiger partial charge in [-0.05, 0) is 24.6 Å². The maximum Gasteiger partial charge on any atom is 0.188 e. The molecule has 1 aliphatic rings. The molecule has 0 fully saturated rings. The molecular formula is C18H17NO. The Balaban J connectivity index is 1.99. The third-order valence-electron chi connectivity index (χ3n) is 3.73. The number of para-hydroxylation sites is 1. The van der Waals surface area contributed by atoms with E-state index in [0.717, 1.165) is 16.9 Å². The molecule has 3 rings (SSSR count). The lowest BCUT2D eigenvalue weighted by atomic mass is 10.0. The van der Waals surface area contributed by atoms with Gasteiger partial charge >= 0.3 is 0 Å². The number of ketones is 1. The summed E-state index contributed by atoms with van der Waals surface area (Å²) in [7, 11) is 0. The maximum absolute atomic E-state index is 12.6. The number of benzene rings is 2. The van der Waals surface area contributed by atoms with E-state index in [4.69, 9.17) is 0 Å². The monoisotopic (exact) mass is 263 g/mol. The second-order valence-corrected chi connectivity index (χ2v) is 5.19. The highest BCUT2D eigenvalue weighted by Gasteiger charge is 2.37. The summed E-state index contributed by atoms with van der Waals surface area (Å²) in [5, 5.41) is 0. The van der Waals surface area contributed by atoms with Gasteiger partial charge in [0.2, 0.25) is 0 Å². The molecule has 0 radical (unpaired) electrons. The Morgan fingerprint density at radius 3 is 2.45 bits per heavy atom. The average Bonchev–Trinajstić information content (AvgIpc) is 2.74. The maximum atomic E-state index is 12.6. The highest BCUT2D eigenvalue weighted by atomic mass is 16.1. The van der Waals surface area contributed by atoms with Crippen LogP contribution in [0.2, 0.25) is 0 Å². The molecule has 0 N–H and O–H groups in total. The topological polar surface area (TPSA) is 20.3 Å². The van der Waals surface area contributed by atoms with E-state index in [2.05, 4.69) is 23.6 Å². The Bertz CT molecular complexity index is 660. The minimum absolute atomic E-state index is 0.174. The second kappa shape index (κ2) is 4.97. The van der Waals surface area contributed by atoms with E-state index >= 15 is 0 Å². The first-order chi connectivity index (χ1) is 9.68. The van der Waals surface area contributed by atoms with Gasteiger partial charge < -0.3 is 4.90 Å². The van der Waals surface area contributed by atoms with Crippen LogP contribution in [-0.4, -0.2) is 11.8 Å². The molecule has 1 atom stereocenters. The Morgan fingerprint density at radius 2 is 1.75 bits per heavy atom. The van der Waals surface area contributed by atoms with Crippen LogP contribution in [-0.2, 0) is 6.42 Å². The summed E-state index contributed by atoms with van der Waals surface area (Å²) < 4.78 is 0. The minimum Gasteiger partial charge on any atom is -0.334 e. The molecule has 1 aliphatic heterocycles. The number of hydrogen-bond donors (Lipinski definition) is 0. The number of nitrogens with zero attached hydrogens (tertiary/aromatic N) is 1. The van der Waals surface area contributed by atoms with Gasteiger partial charge in [0.25, 0.3) is 0 Å². The highest BCUT2D eigenvalue weighted by Crippen LogP contribution is 2.35. The summed E-state index contributed by atoms with van der Waals surface area (Å²) in [5.74, 6) is 0.187. The van der Waals surface area contributed by atoms with Crippen LogP contribution in [0.25, 0.3) is 0 Å².